The minimum absolute atomic E-state index is 0.226. The van der Waals surface area contributed by atoms with Crippen LogP contribution < -0.4 is 5.32 Å². The van der Waals surface area contributed by atoms with Crippen LogP contribution in [-0.4, -0.2) is 24.2 Å². The molecule has 0 atom stereocenters. The highest BCUT2D eigenvalue weighted by molar-refractivity contribution is 6.31. The fourth-order valence-electron chi connectivity index (χ4n) is 2.22. The van der Waals surface area contributed by atoms with E-state index in [1.54, 1.807) is 6.92 Å². The molecule has 1 aromatic heterocycles. The van der Waals surface area contributed by atoms with Gasteiger partial charge in [0.2, 0.25) is 0 Å². The number of hydrogen-bond acceptors (Lipinski definition) is 2. The molecule has 0 spiro atoms. The van der Waals surface area contributed by atoms with E-state index in [1.807, 2.05) is 24.4 Å². The molecule has 20 heavy (non-hydrogen) atoms. The van der Waals surface area contributed by atoms with E-state index in [-0.39, 0.29) is 5.41 Å². The van der Waals surface area contributed by atoms with E-state index in [1.165, 1.54) is 0 Å². The second kappa shape index (κ2) is 5.75. The minimum Gasteiger partial charge on any atom is -0.450 e. The van der Waals surface area contributed by atoms with Crippen molar-refractivity contribution in [1.82, 2.24) is 10.3 Å². The van der Waals surface area contributed by atoms with Gasteiger partial charge in [-0.25, -0.2) is 4.79 Å². The van der Waals surface area contributed by atoms with Crippen molar-refractivity contribution in [3.63, 3.8) is 0 Å². The van der Waals surface area contributed by atoms with Crippen molar-refractivity contribution in [3.8, 4) is 0 Å². The second-order valence-corrected chi connectivity index (χ2v) is 5.79. The van der Waals surface area contributed by atoms with Gasteiger partial charge >= 0.3 is 6.09 Å². The van der Waals surface area contributed by atoms with E-state index in [2.05, 4.69) is 24.1 Å². The number of carbonyl (C=O) groups is 1. The van der Waals surface area contributed by atoms with E-state index in [9.17, 15) is 4.79 Å². The molecule has 1 heterocycles. The summed E-state index contributed by atoms with van der Waals surface area (Å²) in [5, 5.41) is 4.56. The third kappa shape index (κ3) is 3.07. The number of halogens is 1. The highest BCUT2D eigenvalue weighted by Gasteiger charge is 2.25. The highest BCUT2D eigenvalue weighted by atomic mass is 35.5. The van der Waals surface area contributed by atoms with Gasteiger partial charge in [-0.05, 0) is 30.7 Å². The van der Waals surface area contributed by atoms with Crippen LogP contribution in [0, 0.1) is 0 Å². The topological polar surface area (TPSA) is 54.1 Å². The zero-order valence-electron chi connectivity index (χ0n) is 11.9. The molecule has 0 aliphatic carbocycles. The lowest BCUT2D eigenvalue weighted by Gasteiger charge is -2.24. The van der Waals surface area contributed by atoms with Gasteiger partial charge in [-0.3, -0.25) is 0 Å². The summed E-state index contributed by atoms with van der Waals surface area (Å²) >= 11 is 6.06. The minimum atomic E-state index is -0.390. The largest absolute Gasteiger partial charge is 0.450 e. The van der Waals surface area contributed by atoms with Crippen molar-refractivity contribution >= 4 is 28.6 Å². The summed E-state index contributed by atoms with van der Waals surface area (Å²) in [6.45, 7) is 6.79. The number of aromatic amines is 1. The number of alkyl carbamates (subject to hydrolysis) is 1. The Morgan fingerprint density at radius 3 is 2.90 bits per heavy atom. The van der Waals surface area contributed by atoms with Crippen molar-refractivity contribution in [2.24, 2.45) is 0 Å². The molecule has 2 aromatic rings. The quantitative estimate of drug-likeness (QED) is 0.900. The molecule has 1 aromatic carbocycles. The molecule has 0 aliphatic rings. The van der Waals surface area contributed by atoms with Crippen LogP contribution in [0.3, 0.4) is 0 Å². The van der Waals surface area contributed by atoms with Crippen LogP contribution in [0.25, 0.3) is 10.9 Å². The number of aromatic nitrogens is 1. The molecule has 0 bridgehead atoms. The predicted octanol–water partition coefficient (Wildman–Crippen LogP) is 3.85. The van der Waals surface area contributed by atoms with Crippen LogP contribution in [0.4, 0.5) is 4.79 Å². The Balaban J connectivity index is 2.22. The van der Waals surface area contributed by atoms with Gasteiger partial charge in [-0.1, -0.05) is 25.4 Å². The van der Waals surface area contributed by atoms with Crippen molar-refractivity contribution in [2.45, 2.75) is 26.2 Å². The molecule has 5 heteroatoms. The average molecular weight is 295 g/mol. The number of rotatable bonds is 4. The molecule has 0 unspecified atom stereocenters. The van der Waals surface area contributed by atoms with Gasteiger partial charge in [0.25, 0.3) is 0 Å². The van der Waals surface area contributed by atoms with Crippen molar-refractivity contribution in [3.05, 3.63) is 35.0 Å². The molecular weight excluding hydrogens is 276 g/mol. The second-order valence-electron chi connectivity index (χ2n) is 5.35. The van der Waals surface area contributed by atoms with Gasteiger partial charge in [0.1, 0.15) is 0 Å². The number of fused-ring (bicyclic) bond motifs is 1. The van der Waals surface area contributed by atoms with Crippen LogP contribution in [-0.2, 0) is 10.2 Å². The zero-order chi connectivity index (χ0) is 14.8. The molecule has 0 aliphatic heterocycles. The van der Waals surface area contributed by atoms with E-state index in [4.69, 9.17) is 16.3 Å². The lowest BCUT2D eigenvalue weighted by molar-refractivity contribution is 0.150. The number of amides is 1. The molecule has 0 radical (unpaired) electrons. The molecule has 2 N–H and O–H groups in total. The highest BCUT2D eigenvalue weighted by Crippen LogP contribution is 2.31. The Bertz CT molecular complexity index is 619. The monoisotopic (exact) mass is 294 g/mol. The maximum Gasteiger partial charge on any atom is 0.407 e. The number of carbonyl (C=O) groups excluding carboxylic acids is 1. The number of H-pyrrole nitrogens is 1. The lowest BCUT2D eigenvalue weighted by Crippen LogP contribution is -2.36. The maximum absolute atomic E-state index is 11.4. The number of hydrogen-bond donors (Lipinski definition) is 2. The molecule has 0 saturated carbocycles. The SMILES string of the molecule is CCOC(=O)NCC(C)(C)c1c[nH]c2ccc(Cl)cc12. The van der Waals surface area contributed by atoms with Crippen LogP contribution in [0.5, 0.6) is 0 Å². The summed E-state index contributed by atoms with van der Waals surface area (Å²) < 4.78 is 4.88. The summed E-state index contributed by atoms with van der Waals surface area (Å²) in [6.07, 6.45) is 1.58. The fraction of sp³-hybridized carbons (Fsp3) is 0.400. The predicted molar refractivity (Wildman–Crippen MR) is 81.4 cm³/mol. The lowest BCUT2D eigenvalue weighted by atomic mass is 9.84. The fourth-order valence-corrected chi connectivity index (χ4v) is 2.40. The normalized spacial score (nSPS) is 11.6. The number of nitrogens with one attached hydrogen (secondary N) is 2. The Labute approximate surface area is 123 Å². The summed E-state index contributed by atoms with van der Waals surface area (Å²) in [5.74, 6) is 0. The first-order chi connectivity index (χ1) is 9.44. The zero-order valence-corrected chi connectivity index (χ0v) is 12.7. The van der Waals surface area contributed by atoms with Crippen molar-refractivity contribution < 1.29 is 9.53 Å². The Morgan fingerprint density at radius 1 is 1.45 bits per heavy atom. The molecule has 2 rings (SSSR count). The van der Waals surface area contributed by atoms with Gasteiger partial charge < -0.3 is 15.0 Å². The van der Waals surface area contributed by atoms with Crippen molar-refractivity contribution in [2.75, 3.05) is 13.2 Å². The first kappa shape index (κ1) is 14.7. The van der Waals surface area contributed by atoms with E-state index in [0.717, 1.165) is 16.5 Å². The van der Waals surface area contributed by atoms with Gasteiger partial charge in [-0.15, -0.1) is 0 Å². The standard InChI is InChI=1S/C15H19ClN2O2/c1-4-20-14(19)18-9-15(2,3)12-8-17-13-6-5-10(16)7-11(12)13/h5-8,17H,4,9H2,1-3H3,(H,18,19). The molecule has 1 amide bonds. The summed E-state index contributed by atoms with van der Waals surface area (Å²) in [4.78, 5) is 14.6. The smallest absolute Gasteiger partial charge is 0.407 e. The van der Waals surface area contributed by atoms with Crippen LogP contribution >= 0.6 is 11.6 Å². The summed E-state index contributed by atoms with van der Waals surface area (Å²) in [6, 6.07) is 5.75. The Hall–Kier alpha value is -1.68. The molecule has 0 fully saturated rings. The van der Waals surface area contributed by atoms with Crippen molar-refractivity contribution in [1.29, 1.82) is 0 Å². The van der Waals surface area contributed by atoms with Gasteiger partial charge in [0, 0.05) is 34.1 Å². The Kier molecular flexibility index (Phi) is 4.23. The summed E-state index contributed by atoms with van der Waals surface area (Å²) in [7, 11) is 0. The van der Waals surface area contributed by atoms with Gasteiger partial charge in [0.05, 0.1) is 6.61 Å². The molecule has 0 saturated heterocycles. The van der Waals surface area contributed by atoms with Crippen LogP contribution in [0.2, 0.25) is 5.02 Å². The maximum atomic E-state index is 11.4. The molecule has 108 valence electrons. The van der Waals surface area contributed by atoms with E-state index < -0.39 is 6.09 Å². The van der Waals surface area contributed by atoms with E-state index in [0.29, 0.717) is 18.2 Å². The first-order valence-corrected chi connectivity index (χ1v) is 6.99. The summed E-state index contributed by atoms with van der Waals surface area (Å²) in [5.41, 5.74) is 1.93. The first-order valence-electron chi connectivity index (χ1n) is 6.62. The van der Waals surface area contributed by atoms with Crippen LogP contribution in [0.15, 0.2) is 24.4 Å². The number of benzene rings is 1. The van der Waals surface area contributed by atoms with Gasteiger partial charge in [0.15, 0.2) is 0 Å². The third-order valence-corrected chi connectivity index (χ3v) is 3.56. The van der Waals surface area contributed by atoms with E-state index >= 15 is 0 Å². The van der Waals surface area contributed by atoms with Gasteiger partial charge in [-0.2, -0.15) is 0 Å². The average Bonchev–Trinajstić information content (AvgIpc) is 2.80. The molecular formula is C15H19ClN2O2. The van der Waals surface area contributed by atoms with Crippen LogP contribution in [0.1, 0.15) is 26.3 Å². The number of ether oxygens (including phenoxy) is 1. The molecule has 4 nitrogen and oxygen atoms in total. The Morgan fingerprint density at radius 2 is 2.20 bits per heavy atom. The third-order valence-electron chi connectivity index (χ3n) is 3.32.